The van der Waals surface area contributed by atoms with Gasteiger partial charge in [-0.2, -0.15) is 4.31 Å². The molecule has 0 radical (unpaired) electrons. The largest absolute Gasteiger partial charge is 0.326 e. The Morgan fingerprint density at radius 1 is 1.35 bits per heavy atom. The fourth-order valence-electron chi connectivity index (χ4n) is 1.73. The summed E-state index contributed by atoms with van der Waals surface area (Å²) < 4.78 is 39.4. The molecule has 2 rings (SSSR count). The predicted molar refractivity (Wildman–Crippen MR) is 77.3 cm³/mol. The maximum Gasteiger partial charge on any atom is 0.243 e. The minimum atomic E-state index is -3.62. The molecule has 0 saturated heterocycles. The van der Waals surface area contributed by atoms with Gasteiger partial charge < -0.3 is 5.73 Å². The summed E-state index contributed by atoms with van der Waals surface area (Å²) in [5.41, 5.74) is 5.82. The molecule has 0 aliphatic carbocycles. The minimum Gasteiger partial charge on any atom is -0.326 e. The Kier molecular flexibility index (Phi) is 4.54. The average molecular weight is 314 g/mol. The molecule has 1 heterocycles. The Hall–Kier alpha value is -1.28. The summed E-state index contributed by atoms with van der Waals surface area (Å²) in [4.78, 5) is 0.990. The summed E-state index contributed by atoms with van der Waals surface area (Å²) in [5.74, 6) is -0.414. The second-order valence-corrected chi connectivity index (χ2v) is 7.35. The molecule has 1 aromatic carbocycles. The molecule has 2 N–H and O–H groups in total. The number of hydrogen-bond acceptors (Lipinski definition) is 4. The normalized spacial score (nSPS) is 12.0. The lowest BCUT2D eigenvalue weighted by atomic mass is 10.2. The summed E-state index contributed by atoms with van der Waals surface area (Å²) in [6, 6.07) is 7.68. The monoisotopic (exact) mass is 314 g/mol. The highest BCUT2D eigenvalue weighted by atomic mass is 32.2. The standard InChI is InChI=1S/C13H15FN2O2S2/c1-16(8-10-4-2-3-5-13(10)14)20(17,18)12-6-11(7-15)19-9-12/h2-6,9H,7-8,15H2,1H3. The lowest BCUT2D eigenvalue weighted by molar-refractivity contribution is 0.456. The van der Waals surface area contributed by atoms with Gasteiger partial charge in [0, 0.05) is 36.0 Å². The van der Waals surface area contributed by atoms with Crippen molar-refractivity contribution < 1.29 is 12.8 Å². The molecule has 0 aliphatic heterocycles. The first-order valence-corrected chi connectivity index (χ1v) is 8.24. The van der Waals surface area contributed by atoms with Crippen LogP contribution in [0.25, 0.3) is 0 Å². The zero-order chi connectivity index (χ0) is 14.8. The van der Waals surface area contributed by atoms with Crippen molar-refractivity contribution in [2.24, 2.45) is 5.73 Å². The smallest absolute Gasteiger partial charge is 0.243 e. The first-order chi connectivity index (χ1) is 9.45. The molecule has 0 spiro atoms. The van der Waals surface area contributed by atoms with E-state index in [4.69, 9.17) is 5.73 Å². The fourth-order valence-corrected chi connectivity index (χ4v) is 4.03. The first kappa shape index (κ1) is 15.1. The van der Waals surface area contributed by atoms with Crippen LogP contribution in [0.15, 0.2) is 40.6 Å². The SMILES string of the molecule is CN(Cc1ccccc1F)S(=O)(=O)c1csc(CN)c1. The Morgan fingerprint density at radius 3 is 2.65 bits per heavy atom. The van der Waals surface area contributed by atoms with Crippen LogP contribution in [0.4, 0.5) is 4.39 Å². The molecule has 0 unspecified atom stereocenters. The molecule has 0 atom stereocenters. The molecule has 0 bridgehead atoms. The third kappa shape index (κ3) is 3.06. The topological polar surface area (TPSA) is 63.4 Å². The van der Waals surface area contributed by atoms with Crippen molar-refractivity contribution in [1.82, 2.24) is 4.31 Å². The van der Waals surface area contributed by atoms with E-state index in [1.54, 1.807) is 29.6 Å². The maximum absolute atomic E-state index is 13.6. The third-order valence-corrected chi connectivity index (χ3v) is 5.78. The van der Waals surface area contributed by atoms with Crippen molar-refractivity contribution in [2.75, 3.05) is 7.05 Å². The summed E-state index contributed by atoms with van der Waals surface area (Å²) in [7, 11) is -2.19. The molecule has 0 amide bonds. The number of hydrogen-bond donors (Lipinski definition) is 1. The zero-order valence-corrected chi connectivity index (χ0v) is 12.5. The molecule has 7 heteroatoms. The molecule has 2 aromatic rings. The van der Waals surface area contributed by atoms with Crippen molar-refractivity contribution in [3.8, 4) is 0 Å². The van der Waals surface area contributed by atoms with Gasteiger partial charge in [-0.05, 0) is 12.1 Å². The highest BCUT2D eigenvalue weighted by molar-refractivity contribution is 7.89. The molecule has 0 aliphatic rings. The predicted octanol–water partition coefficient (Wildman–Crippen LogP) is 2.17. The van der Waals surface area contributed by atoms with E-state index >= 15 is 0 Å². The number of nitrogens with zero attached hydrogens (tertiary/aromatic N) is 1. The van der Waals surface area contributed by atoms with Gasteiger partial charge in [0.25, 0.3) is 0 Å². The van der Waals surface area contributed by atoms with Gasteiger partial charge in [0.05, 0.1) is 4.90 Å². The second-order valence-electron chi connectivity index (χ2n) is 4.31. The van der Waals surface area contributed by atoms with E-state index in [-0.39, 0.29) is 11.4 Å². The van der Waals surface area contributed by atoms with E-state index in [0.717, 1.165) is 9.18 Å². The van der Waals surface area contributed by atoms with Gasteiger partial charge in [0.1, 0.15) is 5.82 Å². The van der Waals surface area contributed by atoms with Crippen LogP contribution < -0.4 is 5.73 Å². The number of rotatable bonds is 5. The van der Waals surface area contributed by atoms with Crippen LogP contribution >= 0.6 is 11.3 Å². The third-order valence-electron chi connectivity index (χ3n) is 2.89. The highest BCUT2D eigenvalue weighted by Crippen LogP contribution is 2.23. The van der Waals surface area contributed by atoms with E-state index in [1.165, 1.54) is 24.5 Å². The van der Waals surface area contributed by atoms with Gasteiger partial charge in [-0.1, -0.05) is 18.2 Å². The number of nitrogens with two attached hydrogens (primary N) is 1. The molecular formula is C13H15FN2O2S2. The van der Waals surface area contributed by atoms with Crippen LogP contribution in [0.2, 0.25) is 0 Å². The number of halogens is 1. The van der Waals surface area contributed by atoms with E-state index in [9.17, 15) is 12.8 Å². The van der Waals surface area contributed by atoms with Crippen LogP contribution in [0, 0.1) is 5.82 Å². The van der Waals surface area contributed by atoms with Crippen LogP contribution in [0.5, 0.6) is 0 Å². The van der Waals surface area contributed by atoms with Crippen molar-refractivity contribution in [3.05, 3.63) is 52.0 Å². The molecule has 108 valence electrons. The summed E-state index contributed by atoms with van der Waals surface area (Å²) in [5, 5.41) is 1.55. The van der Waals surface area contributed by atoms with Crippen molar-refractivity contribution >= 4 is 21.4 Å². The molecule has 0 saturated carbocycles. The summed E-state index contributed by atoms with van der Waals surface area (Å²) in [6.07, 6.45) is 0. The number of benzene rings is 1. The van der Waals surface area contributed by atoms with Crippen molar-refractivity contribution in [2.45, 2.75) is 18.0 Å². The van der Waals surface area contributed by atoms with E-state index < -0.39 is 15.8 Å². The van der Waals surface area contributed by atoms with E-state index in [2.05, 4.69) is 0 Å². The van der Waals surface area contributed by atoms with Crippen LogP contribution in [-0.4, -0.2) is 19.8 Å². The number of thiophene rings is 1. The van der Waals surface area contributed by atoms with E-state index in [0.29, 0.717) is 12.1 Å². The molecule has 1 aromatic heterocycles. The average Bonchev–Trinajstić information content (AvgIpc) is 2.90. The Bertz CT molecular complexity index is 698. The van der Waals surface area contributed by atoms with Crippen LogP contribution in [0.1, 0.15) is 10.4 Å². The van der Waals surface area contributed by atoms with Crippen LogP contribution in [-0.2, 0) is 23.1 Å². The lowest BCUT2D eigenvalue weighted by Gasteiger charge is -2.16. The van der Waals surface area contributed by atoms with E-state index in [1.807, 2.05) is 0 Å². The minimum absolute atomic E-state index is 0.0111. The van der Waals surface area contributed by atoms with Gasteiger partial charge in [-0.15, -0.1) is 11.3 Å². The van der Waals surface area contributed by atoms with Crippen molar-refractivity contribution in [1.29, 1.82) is 0 Å². The highest BCUT2D eigenvalue weighted by Gasteiger charge is 2.23. The van der Waals surface area contributed by atoms with Gasteiger partial charge >= 0.3 is 0 Å². The van der Waals surface area contributed by atoms with Gasteiger partial charge in [-0.25, -0.2) is 12.8 Å². The van der Waals surface area contributed by atoms with Crippen LogP contribution in [0.3, 0.4) is 0 Å². The lowest BCUT2D eigenvalue weighted by Crippen LogP contribution is -2.26. The maximum atomic E-state index is 13.6. The number of sulfonamides is 1. The van der Waals surface area contributed by atoms with Gasteiger partial charge in [0.15, 0.2) is 0 Å². The quantitative estimate of drug-likeness (QED) is 0.920. The Labute approximate surface area is 121 Å². The summed E-state index contributed by atoms with van der Waals surface area (Å²) >= 11 is 1.30. The summed E-state index contributed by atoms with van der Waals surface area (Å²) in [6.45, 7) is 0.292. The second kappa shape index (κ2) is 6.01. The molecule has 4 nitrogen and oxygen atoms in total. The fraction of sp³-hybridized carbons (Fsp3) is 0.231. The first-order valence-electron chi connectivity index (χ1n) is 5.92. The Balaban J connectivity index is 2.23. The molecule has 20 heavy (non-hydrogen) atoms. The van der Waals surface area contributed by atoms with Gasteiger partial charge in [-0.3, -0.25) is 0 Å². The molecular weight excluding hydrogens is 299 g/mol. The molecule has 0 fully saturated rings. The zero-order valence-electron chi connectivity index (χ0n) is 10.9. The van der Waals surface area contributed by atoms with Gasteiger partial charge in [0.2, 0.25) is 10.0 Å². The Morgan fingerprint density at radius 2 is 2.05 bits per heavy atom. The van der Waals surface area contributed by atoms with Crippen molar-refractivity contribution in [3.63, 3.8) is 0 Å².